The maximum absolute atomic E-state index is 6.08. The van der Waals surface area contributed by atoms with E-state index in [-0.39, 0.29) is 0 Å². The number of rotatable bonds is 3. The topological polar surface area (TPSA) is 15.5 Å². The maximum atomic E-state index is 6.08. The SMILES string of the molecule is C#Cc1cccc([N+]2=C(C)/C(=C/C=C3/C=Cc4cc(N(C)C)ccc4O3)C=C2C)c1. The molecular weight excluding hydrogens is 368 g/mol. The Balaban J connectivity index is 1.61. The van der Waals surface area contributed by atoms with Crippen molar-refractivity contribution in [1.29, 1.82) is 0 Å². The van der Waals surface area contributed by atoms with Crippen LogP contribution in [0.4, 0.5) is 11.4 Å². The molecule has 0 saturated heterocycles. The summed E-state index contributed by atoms with van der Waals surface area (Å²) in [6, 6.07) is 14.3. The number of benzene rings is 2. The van der Waals surface area contributed by atoms with Crippen LogP contribution in [-0.4, -0.2) is 24.4 Å². The maximum Gasteiger partial charge on any atom is 0.212 e. The molecule has 2 aliphatic heterocycles. The van der Waals surface area contributed by atoms with Crippen molar-refractivity contribution in [3.8, 4) is 18.1 Å². The number of fused-ring (bicyclic) bond motifs is 1. The van der Waals surface area contributed by atoms with Gasteiger partial charge in [0.25, 0.3) is 0 Å². The second kappa shape index (κ2) is 7.93. The van der Waals surface area contributed by atoms with Gasteiger partial charge in [-0.2, -0.15) is 4.58 Å². The minimum Gasteiger partial charge on any atom is -0.457 e. The summed E-state index contributed by atoms with van der Waals surface area (Å²) in [4.78, 5) is 2.09. The molecule has 0 aliphatic carbocycles. The van der Waals surface area contributed by atoms with Gasteiger partial charge in [-0.25, -0.2) is 0 Å². The van der Waals surface area contributed by atoms with Crippen molar-refractivity contribution in [1.82, 2.24) is 0 Å². The van der Waals surface area contributed by atoms with E-state index in [1.807, 2.05) is 50.5 Å². The van der Waals surface area contributed by atoms with Crippen molar-refractivity contribution in [3.05, 3.63) is 94.9 Å². The summed E-state index contributed by atoms with van der Waals surface area (Å²) in [7, 11) is 4.07. The Morgan fingerprint density at radius 1 is 1.03 bits per heavy atom. The van der Waals surface area contributed by atoms with Gasteiger partial charge in [0.1, 0.15) is 11.5 Å². The second-order valence-electron chi connectivity index (χ2n) is 7.64. The third kappa shape index (κ3) is 3.73. The zero-order valence-corrected chi connectivity index (χ0v) is 17.8. The zero-order valence-electron chi connectivity index (χ0n) is 17.8. The Labute approximate surface area is 178 Å². The molecule has 0 fully saturated rings. The lowest BCUT2D eigenvalue weighted by atomic mass is 10.1. The van der Waals surface area contributed by atoms with E-state index in [2.05, 4.69) is 65.7 Å². The molecule has 2 aliphatic rings. The molecule has 0 amide bonds. The molecule has 0 bridgehead atoms. The molecule has 0 aromatic heterocycles. The molecule has 0 spiro atoms. The van der Waals surface area contributed by atoms with Crippen LogP contribution in [0.25, 0.3) is 6.08 Å². The van der Waals surface area contributed by atoms with E-state index in [4.69, 9.17) is 11.2 Å². The third-order valence-corrected chi connectivity index (χ3v) is 5.33. The van der Waals surface area contributed by atoms with Crippen molar-refractivity contribution in [2.45, 2.75) is 13.8 Å². The number of hydrogen-bond donors (Lipinski definition) is 0. The van der Waals surface area contributed by atoms with E-state index in [0.29, 0.717) is 0 Å². The van der Waals surface area contributed by atoms with Gasteiger partial charge in [-0.1, -0.05) is 12.0 Å². The van der Waals surface area contributed by atoms with Gasteiger partial charge in [0, 0.05) is 68.5 Å². The first kappa shape index (κ1) is 19.5. The van der Waals surface area contributed by atoms with Gasteiger partial charge >= 0.3 is 0 Å². The molecule has 0 radical (unpaired) electrons. The summed E-state index contributed by atoms with van der Waals surface area (Å²) >= 11 is 0. The summed E-state index contributed by atoms with van der Waals surface area (Å²) in [5.41, 5.74) is 7.67. The molecule has 2 aromatic rings. The number of allylic oxidation sites excluding steroid dienone is 6. The van der Waals surface area contributed by atoms with Crippen molar-refractivity contribution < 1.29 is 9.31 Å². The number of nitrogens with zero attached hydrogens (tertiary/aromatic N) is 2. The van der Waals surface area contributed by atoms with E-state index >= 15 is 0 Å². The predicted octanol–water partition coefficient (Wildman–Crippen LogP) is 5.67. The average Bonchev–Trinajstić information content (AvgIpc) is 3.04. The summed E-state index contributed by atoms with van der Waals surface area (Å²) in [6.07, 6.45) is 16.0. The number of ether oxygens (including phenoxy) is 1. The third-order valence-electron chi connectivity index (χ3n) is 5.33. The van der Waals surface area contributed by atoms with Gasteiger partial charge in [0.05, 0.1) is 0 Å². The van der Waals surface area contributed by atoms with Crippen LogP contribution in [0, 0.1) is 12.3 Å². The number of anilines is 1. The van der Waals surface area contributed by atoms with Crippen LogP contribution in [0.2, 0.25) is 0 Å². The Hall–Kier alpha value is -3.77. The molecule has 148 valence electrons. The molecule has 3 heteroatoms. The van der Waals surface area contributed by atoms with E-state index in [1.54, 1.807) is 0 Å². The average molecular weight is 394 g/mol. The molecule has 0 unspecified atom stereocenters. The van der Waals surface area contributed by atoms with Crippen LogP contribution in [0.3, 0.4) is 0 Å². The van der Waals surface area contributed by atoms with Gasteiger partial charge in [0.2, 0.25) is 5.69 Å². The highest BCUT2D eigenvalue weighted by molar-refractivity contribution is 6.00. The van der Waals surface area contributed by atoms with Crippen molar-refractivity contribution in [2.75, 3.05) is 19.0 Å². The van der Waals surface area contributed by atoms with Crippen molar-refractivity contribution in [3.63, 3.8) is 0 Å². The molecular formula is C27H25N2O+. The normalized spacial score (nSPS) is 17.6. The van der Waals surface area contributed by atoms with Crippen LogP contribution in [-0.2, 0) is 0 Å². The predicted molar refractivity (Wildman–Crippen MR) is 125 cm³/mol. The summed E-state index contributed by atoms with van der Waals surface area (Å²) in [6.45, 7) is 4.23. The summed E-state index contributed by atoms with van der Waals surface area (Å²) in [5, 5.41) is 0. The Bertz CT molecular complexity index is 1210. The smallest absolute Gasteiger partial charge is 0.212 e. The van der Waals surface area contributed by atoms with Crippen LogP contribution >= 0.6 is 0 Å². The largest absolute Gasteiger partial charge is 0.457 e. The van der Waals surface area contributed by atoms with E-state index in [0.717, 1.165) is 51.0 Å². The lowest BCUT2D eigenvalue weighted by Gasteiger charge is -2.18. The van der Waals surface area contributed by atoms with Crippen molar-refractivity contribution >= 4 is 23.2 Å². The Kier molecular flexibility index (Phi) is 5.16. The van der Waals surface area contributed by atoms with E-state index in [1.165, 1.54) is 0 Å². The standard InChI is InChI=1S/C27H25N2O/c1-6-21-8-7-9-25(17-21)29-19(2)16-22(20(29)3)10-13-26-14-11-23-18-24(28(4)5)12-15-27(23)30-26/h1,7-18H,2-5H3/q+1/b22-10+,26-13-. The fraction of sp³-hybridized carbons (Fsp3) is 0.148. The monoisotopic (exact) mass is 393 g/mol. The van der Waals surface area contributed by atoms with Crippen LogP contribution in [0.15, 0.2) is 83.8 Å². The van der Waals surface area contributed by atoms with Gasteiger partial charge in [-0.05, 0) is 48.6 Å². The highest BCUT2D eigenvalue weighted by Crippen LogP contribution is 2.31. The van der Waals surface area contributed by atoms with Gasteiger partial charge in [-0.15, -0.1) is 6.42 Å². The molecule has 2 heterocycles. The molecule has 3 nitrogen and oxygen atoms in total. The minimum absolute atomic E-state index is 0.819. The molecule has 0 atom stereocenters. The van der Waals surface area contributed by atoms with Crippen LogP contribution in [0.5, 0.6) is 5.75 Å². The fourth-order valence-corrected chi connectivity index (χ4v) is 3.72. The first-order valence-corrected chi connectivity index (χ1v) is 9.94. The van der Waals surface area contributed by atoms with Crippen molar-refractivity contribution in [2.24, 2.45) is 0 Å². The quantitative estimate of drug-likeness (QED) is 0.493. The number of hydrogen-bond acceptors (Lipinski definition) is 2. The highest BCUT2D eigenvalue weighted by atomic mass is 16.5. The highest BCUT2D eigenvalue weighted by Gasteiger charge is 2.26. The lowest BCUT2D eigenvalue weighted by molar-refractivity contribution is -0.379. The van der Waals surface area contributed by atoms with Gasteiger partial charge in [-0.3, -0.25) is 0 Å². The summed E-state index contributed by atoms with van der Waals surface area (Å²) in [5.74, 6) is 4.40. The van der Waals surface area contributed by atoms with Crippen LogP contribution in [0.1, 0.15) is 25.0 Å². The minimum atomic E-state index is 0.819. The fourth-order valence-electron chi connectivity index (χ4n) is 3.72. The lowest BCUT2D eigenvalue weighted by Crippen LogP contribution is -2.09. The van der Waals surface area contributed by atoms with Crippen LogP contribution < -0.4 is 9.64 Å². The molecule has 30 heavy (non-hydrogen) atoms. The zero-order chi connectivity index (χ0) is 21.3. The number of terminal acetylenes is 1. The molecule has 4 rings (SSSR count). The first-order chi connectivity index (χ1) is 14.5. The molecule has 0 N–H and O–H groups in total. The first-order valence-electron chi connectivity index (χ1n) is 9.94. The Morgan fingerprint density at radius 2 is 1.87 bits per heavy atom. The van der Waals surface area contributed by atoms with Gasteiger partial charge < -0.3 is 9.64 Å². The molecule has 0 saturated carbocycles. The summed E-state index contributed by atoms with van der Waals surface area (Å²) < 4.78 is 8.30. The van der Waals surface area contributed by atoms with E-state index < -0.39 is 0 Å². The molecule has 2 aromatic carbocycles. The Morgan fingerprint density at radius 3 is 2.63 bits per heavy atom. The second-order valence-corrected chi connectivity index (χ2v) is 7.64. The van der Waals surface area contributed by atoms with Gasteiger partial charge in [0.15, 0.2) is 11.4 Å². The van der Waals surface area contributed by atoms with E-state index in [9.17, 15) is 0 Å².